The summed E-state index contributed by atoms with van der Waals surface area (Å²) in [6.07, 6.45) is 6.43. The van der Waals surface area contributed by atoms with E-state index < -0.39 is 5.41 Å². The molecule has 226 valence electrons. The van der Waals surface area contributed by atoms with Gasteiger partial charge in [-0.1, -0.05) is 46.5 Å². The molecule has 3 rings (SSSR count). The van der Waals surface area contributed by atoms with Crippen LogP contribution in [0.4, 0.5) is 21.9 Å². The van der Waals surface area contributed by atoms with Crippen molar-refractivity contribution >= 4 is 29.1 Å². The van der Waals surface area contributed by atoms with E-state index in [1.54, 1.807) is 33.9 Å². The minimum Gasteiger partial charge on any atom is -0.497 e. The third kappa shape index (κ3) is 8.54. The maximum absolute atomic E-state index is 14.2. The third-order valence-corrected chi connectivity index (χ3v) is 7.41. The number of carbonyl (C=O) groups excluding carboxylic acids is 2. The molecule has 0 heterocycles. The lowest BCUT2D eigenvalue weighted by Crippen LogP contribution is -2.43. The Morgan fingerprint density at radius 1 is 0.902 bits per heavy atom. The second kappa shape index (κ2) is 13.5. The SMILES string of the molecule is COc1cc(NC(=O)N(c2ccc(N(C)C)cc2)C2CCCCCC2)c(OCOC(=O)C(C)(C)C)c(C(C)(C)C)c1. The summed E-state index contributed by atoms with van der Waals surface area (Å²) in [6, 6.07) is 11.6. The summed E-state index contributed by atoms with van der Waals surface area (Å²) in [4.78, 5) is 30.5. The average Bonchev–Trinajstić information content (AvgIpc) is 3.17. The molecule has 2 amide bonds. The van der Waals surface area contributed by atoms with Crippen molar-refractivity contribution in [3.63, 3.8) is 0 Å². The first-order valence-corrected chi connectivity index (χ1v) is 14.6. The van der Waals surface area contributed by atoms with Crippen molar-refractivity contribution in [1.82, 2.24) is 0 Å². The maximum Gasteiger partial charge on any atom is 0.326 e. The molecule has 0 saturated heterocycles. The van der Waals surface area contributed by atoms with E-state index in [2.05, 4.69) is 26.1 Å². The van der Waals surface area contributed by atoms with E-state index >= 15 is 0 Å². The van der Waals surface area contributed by atoms with E-state index in [1.807, 2.05) is 54.2 Å². The van der Waals surface area contributed by atoms with E-state index in [4.69, 9.17) is 14.2 Å². The lowest BCUT2D eigenvalue weighted by atomic mass is 9.85. The number of rotatable bonds is 8. The highest BCUT2D eigenvalue weighted by Crippen LogP contribution is 2.41. The Morgan fingerprint density at radius 2 is 1.49 bits per heavy atom. The maximum atomic E-state index is 14.2. The zero-order chi connectivity index (χ0) is 30.4. The Hall–Kier alpha value is -3.42. The Bertz CT molecular complexity index is 1170. The number of urea groups is 1. The van der Waals surface area contributed by atoms with Crippen LogP contribution in [-0.4, -0.2) is 46.0 Å². The summed E-state index contributed by atoms with van der Waals surface area (Å²) in [6.45, 7) is 11.3. The number of esters is 1. The first-order chi connectivity index (χ1) is 19.2. The van der Waals surface area contributed by atoms with Crippen molar-refractivity contribution < 1.29 is 23.8 Å². The molecule has 8 heteroatoms. The number of anilines is 3. The number of amides is 2. The standard InChI is InChI=1S/C33H49N3O5/c1-32(2,3)27-20-26(39-9)21-28(29(27)40-22-41-30(37)33(4,5)6)34-31(38)36(24-14-12-10-11-13-15-24)25-18-16-23(17-19-25)35(7)8/h16-21,24H,10-15,22H2,1-9H3,(H,34,38). The van der Waals surface area contributed by atoms with Gasteiger partial charge in [0.15, 0.2) is 5.75 Å². The summed E-state index contributed by atoms with van der Waals surface area (Å²) in [5.74, 6) is 0.687. The fourth-order valence-corrected chi connectivity index (χ4v) is 4.98. The number of nitrogens with zero attached hydrogens (tertiary/aromatic N) is 2. The molecule has 0 radical (unpaired) electrons. The van der Waals surface area contributed by atoms with Crippen molar-refractivity contribution in [2.45, 2.75) is 91.5 Å². The first kappa shape index (κ1) is 32.1. The van der Waals surface area contributed by atoms with Gasteiger partial charge < -0.3 is 24.4 Å². The van der Waals surface area contributed by atoms with Crippen LogP contribution in [0, 0.1) is 5.41 Å². The van der Waals surface area contributed by atoms with Gasteiger partial charge in [0, 0.05) is 43.1 Å². The second-order valence-corrected chi connectivity index (χ2v) is 13.1. The molecule has 0 aromatic heterocycles. The zero-order valence-corrected chi connectivity index (χ0v) is 26.4. The van der Waals surface area contributed by atoms with Gasteiger partial charge >= 0.3 is 12.0 Å². The summed E-state index contributed by atoms with van der Waals surface area (Å²) in [5.41, 5.74) is 2.21. The molecule has 41 heavy (non-hydrogen) atoms. The van der Waals surface area contributed by atoms with E-state index in [0.717, 1.165) is 42.6 Å². The predicted octanol–water partition coefficient (Wildman–Crippen LogP) is 7.75. The van der Waals surface area contributed by atoms with Gasteiger partial charge in [-0.05, 0) is 69.4 Å². The van der Waals surface area contributed by atoms with Crippen molar-refractivity contribution in [3.05, 3.63) is 42.0 Å². The van der Waals surface area contributed by atoms with Crippen LogP contribution in [0.1, 0.15) is 85.6 Å². The highest BCUT2D eigenvalue weighted by molar-refractivity contribution is 6.03. The van der Waals surface area contributed by atoms with Crippen molar-refractivity contribution in [2.24, 2.45) is 5.41 Å². The van der Waals surface area contributed by atoms with E-state index in [1.165, 1.54) is 12.8 Å². The van der Waals surface area contributed by atoms with Crippen LogP contribution in [0.2, 0.25) is 0 Å². The summed E-state index contributed by atoms with van der Waals surface area (Å²) < 4.78 is 17.2. The molecule has 2 aromatic carbocycles. The molecule has 1 fully saturated rings. The van der Waals surface area contributed by atoms with E-state index in [9.17, 15) is 9.59 Å². The van der Waals surface area contributed by atoms with Crippen LogP contribution in [0.15, 0.2) is 36.4 Å². The van der Waals surface area contributed by atoms with Gasteiger partial charge in [0.05, 0.1) is 18.2 Å². The number of ether oxygens (including phenoxy) is 3. The second-order valence-electron chi connectivity index (χ2n) is 13.1. The molecule has 0 spiro atoms. The Labute approximate surface area is 246 Å². The Balaban J connectivity index is 2.02. The molecule has 0 aliphatic heterocycles. The minimum absolute atomic E-state index is 0.0764. The van der Waals surface area contributed by atoms with Crippen LogP contribution in [0.5, 0.6) is 11.5 Å². The van der Waals surface area contributed by atoms with Gasteiger partial charge in [-0.25, -0.2) is 4.79 Å². The first-order valence-electron chi connectivity index (χ1n) is 14.6. The molecule has 0 bridgehead atoms. The van der Waals surface area contributed by atoms with Crippen LogP contribution < -0.4 is 24.6 Å². The van der Waals surface area contributed by atoms with Crippen LogP contribution in [-0.2, 0) is 14.9 Å². The molecule has 0 unspecified atom stereocenters. The number of hydrogen-bond donors (Lipinski definition) is 1. The van der Waals surface area contributed by atoms with Gasteiger partial charge in [0.2, 0.25) is 6.79 Å². The lowest BCUT2D eigenvalue weighted by molar-refractivity contribution is -0.159. The summed E-state index contributed by atoms with van der Waals surface area (Å²) >= 11 is 0. The van der Waals surface area contributed by atoms with Gasteiger partial charge in [-0.2, -0.15) is 0 Å². The predicted molar refractivity (Wildman–Crippen MR) is 166 cm³/mol. The number of benzene rings is 2. The van der Waals surface area contributed by atoms with Gasteiger partial charge in [0.1, 0.15) is 5.75 Å². The molecule has 1 aliphatic carbocycles. The summed E-state index contributed by atoms with van der Waals surface area (Å²) in [5, 5.41) is 3.15. The molecule has 1 saturated carbocycles. The molecule has 1 N–H and O–H groups in total. The highest BCUT2D eigenvalue weighted by Gasteiger charge is 2.30. The van der Waals surface area contributed by atoms with Crippen molar-refractivity contribution in [2.75, 3.05) is 43.1 Å². The fraction of sp³-hybridized carbons (Fsp3) is 0.576. The van der Waals surface area contributed by atoms with Crippen LogP contribution in [0.3, 0.4) is 0 Å². The van der Waals surface area contributed by atoms with Crippen LogP contribution >= 0.6 is 0 Å². The van der Waals surface area contributed by atoms with Crippen LogP contribution in [0.25, 0.3) is 0 Å². The molecule has 8 nitrogen and oxygen atoms in total. The Kier molecular flexibility index (Phi) is 10.6. The smallest absolute Gasteiger partial charge is 0.326 e. The van der Waals surface area contributed by atoms with Gasteiger partial charge in [-0.15, -0.1) is 0 Å². The fourth-order valence-electron chi connectivity index (χ4n) is 4.98. The zero-order valence-electron chi connectivity index (χ0n) is 26.4. The molecule has 1 aliphatic rings. The monoisotopic (exact) mass is 567 g/mol. The highest BCUT2D eigenvalue weighted by atomic mass is 16.7. The summed E-state index contributed by atoms with van der Waals surface area (Å²) in [7, 11) is 5.60. The van der Waals surface area contributed by atoms with Crippen molar-refractivity contribution in [1.29, 1.82) is 0 Å². The molecule has 0 atom stereocenters. The van der Waals surface area contributed by atoms with E-state index in [-0.39, 0.29) is 30.3 Å². The number of carbonyl (C=O) groups is 2. The quantitative estimate of drug-likeness (QED) is 0.200. The topological polar surface area (TPSA) is 80.3 Å². The Morgan fingerprint density at radius 3 is 2.00 bits per heavy atom. The number of hydrogen-bond acceptors (Lipinski definition) is 6. The average molecular weight is 568 g/mol. The van der Waals surface area contributed by atoms with Gasteiger partial charge in [-0.3, -0.25) is 9.69 Å². The molecular formula is C33H49N3O5. The largest absolute Gasteiger partial charge is 0.497 e. The third-order valence-electron chi connectivity index (χ3n) is 7.41. The number of methoxy groups -OCH3 is 1. The van der Waals surface area contributed by atoms with E-state index in [0.29, 0.717) is 17.2 Å². The minimum atomic E-state index is -0.658. The van der Waals surface area contributed by atoms with Crippen molar-refractivity contribution in [3.8, 4) is 11.5 Å². The lowest BCUT2D eigenvalue weighted by Gasteiger charge is -2.32. The molecule has 2 aromatic rings. The normalized spacial score (nSPS) is 14.6. The molecular weight excluding hydrogens is 518 g/mol. The number of nitrogens with one attached hydrogen (secondary N) is 1. The van der Waals surface area contributed by atoms with Gasteiger partial charge in [0.25, 0.3) is 0 Å².